The molecular formula is C32H33NO3. The van der Waals surface area contributed by atoms with Crippen LogP contribution in [0.3, 0.4) is 0 Å². The number of likely N-dealkylation sites (tertiary alicyclic amines) is 1. The van der Waals surface area contributed by atoms with Crippen LogP contribution in [0, 0.1) is 18.3 Å². The van der Waals surface area contributed by atoms with Crippen LogP contribution in [0.2, 0.25) is 0 Å². The van der Waals surface area contributed by atoms with Gasteiger partial charge in [-0.25, -0.2) is 0 Å². The van der Waals surface area contributed by atoms with E-state index >= 15 is 0 Å². The summed E-state index contributed by atoms with van der Waals surface area (Å²) in [6.45, 7) is 9.61. The van der Waals surface area contributed by atoms with Crippen LogP contribution in [0.4, 0.5) is 0 Å². The van der Waals surface area contributed by atoms with Crippen LogP contribution in [0.25, 0.3) is 11.1 Å². The number of ether oxygens (including phenoxy) is 2. The number of fused-ring (bicyclic) bond motifs is 1. The van der Waals surface area contributed by atoms with E-state index in [1.807, 2.05) is 42.5 Å². The Bertz CT molecular complexity index is 1300. The quantitative estimate of drug-likeness (QED) is 0.407. The van der Waals surface area contributed by atoms with Crippen molar-refractivity contribution in [3.8, 4) is 29.6 Å². The van der Waals surface area contributed by atoms with Gasteiger partial charge in [0, 0.05) is 29.3 Å². The molecule has 184 valence electrons. The molecule has 0 amide bonds. The fourth-order valence-corrected chi connectivity index (χ4v) is 5.22. The van der Waals surface area contributed by atoms with E-state index in [0.717, 1.165) is 63.9 Å². The van der Waals surface area contributed by atoms with Gasteiger partial charge in [0.1, 0.15) is 30.0 Å². The number of rotatable bonds is 6. The first-order valence-electron chi connectivity index (χ1n) is 12.7. The largest absolute Gasteiger partial charge is 0.508 e. The van der Waals surface area contributed by atoms with E-state index in [0.29, 0.717) is 12.6 Å². The molecule has 1 saturated heterocycles. The molecule has 2 aliphatic rings. The molecule has 5 rings (SSSR count). The summed E-state index contributed by atoms with van der Waals surface area (Å²) >= 11 is 0. The Morgan fingerprint density at radius 3 is 2.53 bits per heavy atom. The van der Waals surface area contributed by atoms with Crippen LogP contribution in [0.15, 0.2) is 66.7 Å². The van der Waals surface area contributed by atoms with Crippen LogP contribution in [0.5, 0.6) is 17.2 Å². The Balaban J connectivity index is 1.41. The Morgan fingerprint density at radius 2 is 1.86 bits per heavy atom. The van der Waals surface area contributed by atoms with Crippen LogP contribution < -0.4 is 9.47 Å². The lowest BCUT2D eigenvalue weighted by Gasteiger charge is -2.31. The van der Waals surface area contributed by atoms with Crippen molar-refractivity contribution < 1.29 is 14.6 Å². The van der Waals surface area contributed by atoms with E-state index in [-0.39, 0.29) is 11.9 Å². The number of terminal acetylenes is 1. The number of nitrogens with zero attached hydrogens (tertiary/aromatic N) is 1. The molecule has 3 aromatic rings. The highest BCUT2D eigenvalue weighted by Gasteiger charge is 2.29. The fourth-order valence-electron chi connectivity index (χ4n) is 5.22. The summed E-state index contributed by atoms with van der Waals surface area (Å²) in [7, 11) is 0. The molecule has 4 nitrogen and oxygen atoms in total. The summed E-state index contributed by atoms with van der Waals surface area (Å²) in [4.78, 5) is 2.51. The minimum Gasteiger partial charge on any atom is -0.508 e. The van der Waals surface area contributed by atoms with E-state index in [2.05, 4.69) is 43.7 Å². The van der Waals surface area contributed by atoms with Crippen molar-refractivity contribution in [3.05, 3.63) is 89.0 Å². The molecule has 1 fully saturated rings. The van der Waals surface area contributed by atoms with Gasteiger partial charge >= 0.3 is 0 Å². The predicted octanol–water partition coefficient (Wildman–Crippen LogP) is 6.55. The topological polar surface area (TPSA) is 41.9 Å². The number of phenols is 1. The summed E-state index contributed by atoms with van der Waals surface area (Å²) in [6.07, 6.45) is 6.55. The molecule has 0 aromatic heterocycles. The summed E-state index contributed by atoms with van der Waals surface area (Å²) in [5.74, 6) is 5.29. The molecule has 0 radical (unpaired) electrons. The first-order chi connectivity index (χ1) is 17.4. The second-order valence-corrected chi connectivity index (χ2v) is 10.1. The van der Waals surface area contributed by atoms with Crippen LogP contribution in [-0.4, -0.2) is 35.7 Å². The second kappa shape index (κ2) is 10.1. The molecule has 3 atom stereocenters. The monoisotopic (exact) mass is 479 g/mol. The highest BCUT2D eigenvalue weighted by molar-refractivity contribution is 5.95. The van der Waals surface area contributed by atoms with Crippen LogP contribution in [-0.2, 0) is 0 Å². The Kier molecular flexibility index (Phi) is 6.76. The molecule has 0 spiro atoms. The second-order valence-electron chi connectivity index (χ2n) is 10.1. The molecule has 1 unspecified atom stereocenters. The van der Waals surface area contributed by atoms with Crippen molar-refractivity contribution in [2.75, 3.05) is 19.7 Å². The van der Waals surface area contributed by atoms with E-state index in [1.165, 1.54) is 6.42 Å². The van der Waals surface area contributed by atoms with Crippen molar-refractivity contribution in [3.63, 3.8) is 0 Å². The average Bonchev–Trinajstić information content (AvgIpc) is 3.34. The number of aromatic hydroxyl groups is 1. The number of hydrogen-bond acceptors (Lipinski definition) is 4. The standard InChI is InChI=1S/C32H33NO3/c1-5-24-6-8-25(9-7-24)31-23(4)29-18-27(34)12-15-30(29)36-32(31)26-10-13-28(14-11-26)35-20-22(3)33-17-16-21(2)19-33/h1,6-15,18,21-22,32,34H,16-17,19-20H2,2-4H3/t21-,22+,32?/m1/s1. The van der Waals surface area contributed by atoms with E-state index < -0.39 is 0 Å². The maximum absolute atomic E-state index is 10.1. The lowest BCUT2D eigenvalue weighted by atomic mass is 9.86. The van der Waals surface area contributed by atoms with Gasteiger partial charge in [0.25, 0.3) is 0 Å². The lowest BCUT2D eigenvalue weighted by Crippen LogP contribution is -2.35. The minimum atomic E-state index is -0.294. The summed E-state index contributed by atoms with van der Waals surface area (Å²) in [5.41, 5.74) is 5.94. The zero-order valence-corrected chi connectivity index (χ0v) is 21.2. The first-order valence-corrected chi connectivity index (χ1v) is 12.7. The van der Waals surface area contributed by atoms with Gasteiger partial charge in [0.05, 0.1) is 0 Å². The molecular weight excluding hydrogens is 446 g/mol. The van der Waals surface area contributed by atoms with Crippen LogP contribution in [0.1, 0.15) is 55.5 Å². The molecule has 1 N–H and O–H groups in total. The zero-order chi connectivity index (χ0) is 25.2. The van der Waals surface area contributed by atoms with Crippen molar-refractivity contribution in [1.82, 2.24) is 4.90 Å². The van der Waals surface area contributed by atoms with Crippen molar-refractivity contribution in [2.45, 2.75) is 39.3 Å². The number of benzene rings is 3. The smallest absolute Gasteiger partial charge is 0.150 e. The van der Waals surface area contributed by atoms with Crippen molar-refractivity contribution in [2.24, 2.45) is 5.92 Å². The average molecular weight is 480 g/mol. The summed E-state index contributed by atoms with van der Waals surface area (Å²) in [6, 6.07) is 21.8. The third-order valence-electron chi connectivity index (χ3n) is 7.39. The Hall–Kier alpha value is -3.68. The van der Waals surface area contributed by atoms with Crippen molar-refractivity contribution in [1.29, 1.82) is 0 Å². The third kappa shape index (κ3) is 4.85. The summed E-state index contributed by atoms with van der Waals surface area (Å²) < 4.78 is 12.7. The molecule has 4 heteroatoms. The highest BCUT2D eigenvalue weighted by atomic mass is 16.5. The van der Waals surface area contributed by atoms with Crippen molar-refractivity contribution >= 4 is 11.1 Å². The molecule has 0 bridgehead atoms. The van der Waals surface area contributed by atoms with Gasteiger partial charge in [0.15, 0.2) is 0 Å². The normalized spacial score (nSPS) is 20.4. The van der Waals surface area contributed by atoms with Gasteiger partial charge in [-0.2, -0.15) is 0 Å². The predicted molar refractivity (Wildman–Crippen MR) is 145 cm³/mol. The van der Waals surface area contributed by atoms with E-state index in [4.69, 9.17) is 15.9 Å². The van der Waals surface area contributed by atoms with Gasteiger partial charge in [-0.1, -0.05) is 37.1 Å². The van der Waals surface area contributed by atoms with Crippen LogP contribution >= 0.6 is 0 Å². The van der Waals surface area contributed by atoms with Gasteiger partial charge in [-0.3, -0.25) is 4.90 Å². The Morgan fingerprint density at radius 1 is 1.11 bits per heavy atom. The highest BCUT2D eigenvalue weighted by Crippen LogP contribution is 2.47. The lowest BCUT2D eigenvalue weighted by molar-refractivity contribution is 0.169. The molecule has 36 heavy (non-hydrogen) atoms. The number of phenolic OH excluding ortho intramolecular Hbond substituents is 1. The minimum absolute atomic E-state index is 0.219. The SMILES string of the molecule is C#Cc1ccc(C2=C(C)c3cc(O)ccc3OC2c2ccc(OC[C@H](C)N3CC[C@@H](C)C3)cc2)cc1. The van der Waals surface area contributed by atoms with Gasteiger partial charge < -0.3 is 14.6 Å². The van der Waals surface area contributed by atoms with E-state index in [1.54, 1.807) is 12.1 Å². The maximum Gasteiger partial charge on any atom is 0.150 e. The van der Waals surface area contributed by atoms with Gasteiger partial charge in [-0.05, 0) is 91.9 Å². The number of hydrogen-bond donors (Lipinski definition) is 1. The molecule has 2 aliphatic heterocycles. The first kappa shape index (κ1) is 24.0. The molecule has 0 saturated carbocycles. The molecule has 0 aliphatic carbocycles. The van der Waals surface area contributed by atoms with E-state index in [9.17, 15) is 5.11 Å². The molecule has 2 heterocycles. The Labute approximate surface area is 214 Å². The zero-order valence-electron chi connectivity index (χ0n) is 21.2. The third-order valence-corrected chi connectivity index (χ3v) is 7.39. The van der Waals surface area contributed by atoms with Gasteiger partial charge in [-0.15, -0.1) is 6.42 Å². The number of allylic oxidation sites excluding steroid dienone is 1. The van der Waals surface area contributed by atoms with Gasteiger partial charge in [0.2, 0.25) is 0 Å². The molecule has 3 aromatic carbocycles. The maximum atomic E-state index is 10.1. The fraction of sp³-hybridized carbons (Fsp3) is 0.312. The summed E-state index contributed by atoms with van der Waals surface area (Å²) in [5, 5.41) is 10.1.